The lowest BCUT2D eigenvalue weighted by atomic mass is 10.1. The van der Waals surface area contributed by atoms with Crippen molar-refractivity contribution in [3.63, 3.8) is 0 Å². The van der Waals surface area contributed by atoms with E-state index in [1.807, 2.05) is 13.8 Å². The summed E-state index contributed by atoms with van der Waals surface area (Å²) >= 11 is 6.22. The van der Waals surface area contributed by atoms with E-state index in [-0.39, 0.29) is 29.7 Å². The quantitative estimate of drug-likeness (QED) is 0.605. The molecule has 148 valence electrons. The fraction of sp³-hybridized carbons (Fsp3) is 0.611. The molecule has 6 nitrogen and oxygen atoms in total. The van der Waals surface area contributed by atoms with Crippen molar-refractivity contribution in [2.75, 3.05) is 20.2 Å². The lowest BCUT2D eigenvalue weighted by Crippen LogP contribution is -2.33. The first-order chi connectivity index (χ1) is 12.1. The summed E-state index contributed by atoms with van der Waals surface area (Å²) in [5.41, 5.74) is 0.475. The van der Waals surface area contributed by atoms with E-state index in [9.17, 15) is 18.3 Å². The molecule has 0 radical (unpaired) electrons. The predicted molar refractivity (Wildman–Crippen MR) is 102 cm³/mol. The van der Waals surface area contributed by atoms with Crippen LogP contribution in [0.5, 0.6) is 0 Å². The van der Waals surface area contributed by atoms with Crippen molar-refractivity contribution >= 4 is 27.6 Å². The van der Waals surface area contributed by atoms with Crippen LogP contribution in [-0.4, -0.2) is 50.1 Å². The monoisotopic (exact) mass is 405 g/mol. The maximum Gasteiger partial charge on any atom is 0.305 e. The van der Waals surface area contributed by atoms with Crippen LogP contribution in [0.4, 0.5) is 0 Å². The number of nitrogens with zero attached hydrogens (tertiary/aromatic N) is 1. The standard InChI is InChI=1S/C18H28ClNO5S/c1-13(2)12-25-18(22)10-5-7-15-16(19)8-6-9-17(15)26(23,24)20(4)11-14(3)21/h6,8-9,13-14,21H,5,7,10-12H2,1-4H3/t14-/m0/s1. The van der Waals surface area contributed by atoms with E-state index in [1.54, 1.807) is 12.1 Å². The topological polar surface area (TPSA) is 83.9 Å². The number of sulfonamides is 1. The number of benzene rings is 1. The Balaban J connectivity index is 2.88. The van der Waals surface area contributed by atoms with Gasteiger partial charge in [-0.25, -0.2) is 8.42 Å². The Bertz CT molecular complexity index is 704. The summed E-state index contributed by atoms with van der Waals surface area (Å²) in [7, 11) is -2.37. The number of esters is 1. The molecule has 1 aromatic carbocycles. The van der Waals surface area contributed by atoms with Gasteiger partial charge in [0.2, 0.25) is 10.0 Å². The number of ether oxygens (including phenoxy) is 1. The second-order valence-corrected chi connectivity index (χ2v) is 9.20. The maximum absolute atomic E-state index is 12.8. The number of hydrogen-bond donors (Lipinski definition) is 1. The van der Waals surface area contributed by atoms with Crippen molar-refractivity contribution in [3.8, 4) is 0 Å². The molecule has 0 fully saturated rings. The number of carbonyl (C=O) groups is 1. The highest BCUT2D eigenvalue weighted by atomic mass is 35.5. The number of hydrogen-bond acceptors (Lipinski definition) is 5. The van der Waals surface area contributed by atoms with Gasteiger partial charge in [0.15, 0.2) is 0 Å². The van der Waals surface area contributed by atoms with E-state index in [1.165, 1.54) is 20.0 Å². The first-order valence-corrected chi connectivity index (χ1v) is 10.4. The molecule has 0 heterocycles. The molecular formula is C18H28ClNO5S. The molecule has 8 heteroatoms. The second kappa shape index (κ2) is 10.3. The number of rotatable bonds is 10. The summed E-state index contributed by atoms with van der Waals surface area (Å²) in [6.07, 6.45) is 0.186. The normalized spacial score (nSPS) is 13.2. The molecule has 0 bridgehead atoms. The largest absolute Gasteiger partial charge is 0.465 e. The van der Waals surface area contributed by atoms with Crippen LogP contribution < -0.4 is 0 Å². The molecule has 0 aromatic heterocycles. The van der Waals surface area contributed by atoms with Crippen molar-refractivity contribution in [2.45, 2.75) is 51.0 Å². The van der Waals surface area contributed by atoms with Crippen molar-refractivity contribution in [1.82, 2.24) is 4.31 Å². The Labute approximate surface area is 161 Å². The Morgan fingerprint density at radius 1 is 1.31 bits per heavy atom. The molecule has 0 saturated heterocycles. The minimum atomic E-state index is -3.79. The predicted octanol–water partition coefficient (Wildman–Crippen LogP) is 2.86. The van der Waals surface area contributed by atoms with Crippen LogP contribution in [0.25, 0.3) is 0 Å². The maximum atomic E-state index is 12.8. The molecule has 0 aliphatic heterocycles. The van der Waals surface area contributed by atoms with Gasteiger partial charge in [0, 0.05) is 25.0 Å². The zero-order valence-electron chi connectivity index (χ0n) is 15.7. The summed E-state index contributed by atoms with van der Waals surface area (Å²) in [4.78, 5) is 11.8. The molecule has 0 saturated carbocycles. The number of halogens is 1. The number of aliphatic hydroxyl groups excluding tert-OH is 1. The molecular weight excluding hydrogens is 378 g/mol. The highest BCUT2D eigenvalue weighted by molar-refractivity contribution is 7.89. The fourth-order valence-corrected chi connectivity index (χ4v) is 4.25. The summed E-state index contributed by atoms with van der Waals surface area (Å²) in [6, 6.07) is 4.69. The van der Waals surface area contributed by atoms with E-state index < -0.39 is 16.1 Å². The summed E-state index contributed by atoms with van der Waals surface area (Å²) in [6.45, 7) is 5.79. The van der Waals surface area contributed by atoms with E-state index in [0.717, 1.165) is 4.31 Å². The average molecular weight is 406 g/mol. The van der Waals surface area contributed by atoms with Crippen LogP contribution in [-0.2, 0) is 26.0 Å². The Morgan fingerprint density at radius 2 is 1.96 bits per heavy atom. The molecule has 1 N–H and O–H groups in total. The van der Waals surface area contributed by atoms with Crippen molar-refractivity contribution < 1.29 is 23.1 Å². The number of carbonyl (C=O) groups excluding carboxylic acids is 1. The van der Waals surface area contributed by atoms with Gasteiger partial charge >= 0.3 is 5.97 Å². The van der Waals surface area contributed by atoms with E-state index in [4.69, 9.17) is 16.3 Å². The van der Waals surface area contributed by atoms with Crippen molar-refractivity contribution in [2.24, 2.45) is 5.92 Å². The average Bonchev–Trinajstić information content (AvgIpc) is 2.53. The first kappa shape index (κ1) is 22.9. The van der Waals surface area contributed by atoms with Gasteiger partial charge in [-0.2, -0.15) is 4.31 Å². The summed E-state index contributed by atoms with van der Waals surface area (Å²) in [5, 5.41) is 9.81. The summed E-state index contributed by atoms with van der Waals surface area (Å²) in [5.74, 6) is -0.0369. The van der Waals surface area contributed by atoms with Crippen LogP contribution in [0.15, 0.2) is 23.1 Å². The zero-order valence-corrected chi connectivity index (χ0v) is 17.3. The lowest BCUT2D eigenvalue weighted by Gasteiger charge is -2.21. The SMILES string of the molecule is CC(C)COC(=O)CCCc1c(Cl)cccc1S(=O)(=O)N(C)C[C@H](C)O. The van der Waals surface area contributed by atoms with Gasteiger partial charge in [0.1, 0.15) is 0 Å². The van der Waals surface area contributed by atoms with Crippen molar-refractivity contribution in [3.05, 3.63) is 28.8 Å². The second-order valence-electron chi connectivity index (χ2n) is 6.78. The Kier molecular flexibility index (Phi) is 9.03. The lowest BCUT2D eigenvalue weighted by molar-refractivity contribution is -0.144. The smallest absolute Gasteiger partial charge is 0.305 e. The molecule has 1 atom stereocenters. The van der Waals surface area contributed by atoms with Gasteiger partial charge in [0.05, 0.1) is 17.6 Å². The van der Waals surface area contributed by atoms with E-state index >= 15 is 0 Å². The molecule has 1 aromatic rings. The van der Waals surface area contributed by atoms with Crippen molar-refractivity contribution in [1.29, 1.82) is 0 Å². The third-order valence-electron chi connectivity index (χ3n) is 3.67. The molecule has 1 rings (SSSR count). The first-order valence-electron chi connectivity index (χ1n) is 8.63. The Morgan fingerprint density at radius 3 is 2.54 bits per heavy atom. The minimum absolute atomic E-state index is 0.0180. The molecule has 0 amide bonds. The van der Waals surface area contributed by atoms with Gasteiger partial charge in [-0.3, -0.25) is 4.79 Å². The van der Waals surface area contributed by atoms with Gasteiger partial charge in [-0.1, -0.05) is 31.5 Å². The third kappa shape index (κ3) is 6.87. The number of aliphatic hydroxyl groups is 1. The fourth-order valence-electron chi connectivity index (χ4n) is 2.40. The van der Waals surface area contributed by atoms with Crippen LogP contribution in [0.1, 0.15) is 39.2 Å². The molecule has 0 unspecified atom stereocenters. The number of likely N-dealkylation sites (N-methyl/N-ethyl adjacent to an activating group) is 1. The van der Waals surface area contributed by atoms with Crippen LogP contribution in [0.2, 0.25) is 5.02 Å². The van der Waals surface area contributed by atoms with Gasteiger partial charge in [0.25, 0.3) is 0 Å². The highest BCUT2D eigenvalue weighted by Gasteiger charge is 2.26. The van der Waals surface area contributed by atoms with Crippen LogP contribution >= 0.6 is 11.6 Å². The van der Waals surface area contributed by atoms with Gasteiger partial charge in [-0.15, -0.1) is 0 Å². The minimum Gasteiger partial charge on any atom is -0.465 e. The van der Waals surface area contributed by atoms with Crippen LogP contribution in [0, 0.1) is 5.92 Å². The zero-order chi connectivity index (χ0) is 19.9. The molecule has 0 aliphatic carbocycles. The Hall–Kier alpha value is -1.15. The van der Waals surface area contributed by atoms with Gasteiger partial charge < -0.3 is 9.84 Å². The summed E-state index contributed by atoms with van der Waals surface area (Å²) < 4.78 is 31.8. The molecule has 26 heavy (non-hydrogen) atoms. The van der Waals surface area contributed by atoms with Crippen LogP contribution in [0.3, 0.4) is 0 Å². The van der Waals surface area contributed by atoms with E-state index in [0.29, 0.717) is 30.0 Å². The molecule has 0 spiro atoms. The highest BCUT2D eigenvalue weighted by Crippen LogP contribution is 2.28. The third-order valence-corrected chi connectivity index (χ3v) is 5.93. The van der Waals surface area contributed by atoms with Gasteiger partial charge in [-0.05, 0) is 43.4 Å². The molecule has 0 aliphatic rings. The van der Waals surface area contributed by atoms with E-state index in [2.05, 4.69) is 0 Å².